The molecule has 0 spiro atoms. The summed E-state index contributed by atoms with van der Waals surface area (Å²) >= 11 is 0. The zero-order valence-corrected chi connectivity index (χ0v) is 25.6. The fourth-order valence-corrected chi connectivity index (χ4v) is 8.42. The topological polar surface area (TPSA) is 54.4 Å². The molecule has 0 aliphatic rings. The molecule has 0 aliphatic carbocycles. The minimum absolute atomic E-state index is 0.116. The normalized spacial score (nSPS) is 11.3. The first-order valence-electron chi connectivity index (χ1n) is 14.4. The summed E-state index contributed by atoms with van der Waals surface area (Å²) in [6.07, 6.45) is 5.52. The monoisotopic (exact) mass is 582 g/mol. The second-order valence-electron chi connectivity index (χ2n) is 10.1. The lowest BCUT2D eigenvalue weighted by Gasteiger charge is -2.18. The largest absolute Gasteiger partial charge is 0.295 e. The van der Waals surface area contributed by atoms with Crippen molar-refractivity contribution in [3.05, 3.63) is 132 Å². The van der Waals surface area contributed by atoms with Gasteiger partial charge in [-0.1, -0.05) is 148 Å². The summed E-state index contributed by atoms with van der Waals surface area (Å²) in [7, 11) is -4.68. The van der Waals surface area contributed by atoms with Gasteiger partial charge in [-0.05, 0) is 66.0 Å². The van der Waals surface area contributed by atoms with Crippen molar-refractivity contribution in [2.45, 2.75) is 57.3 Å². The Morgan fingerprint density at radius 1 is 0.610 bits per heavy atom. The fraction of sp³-hybridized carbons (Fsp3) is 0.222. The summed E-state index contributed by atoms with van der Waals surface area (Å²) < 4.78 is 33.8. The van der Waals surface area contributed by atoms with E-state index in [4.69, 9.17) is 0 Å². The van der Waals surface area contributed by atoms with Crippen molar-refractivity contribution in [1.29, 1.82) is 0 Å². The van der Waals surface area contributed by atoms with Crippen molar-refractivity contribution < 1.29 is 13.0 Å². The average Bonchev–Trinajstić information content (AvgIpc) is 3.00. The molecule has 0 fully saturated rings. The van der Waals surface area contributed by atoms with Crippen LogP contribution in [0.4, 0.5) is 0 Å². The van der Waals surface area contributed by atoms with E-state index in [2.05, 4.69) is 111 Å². The van der Waals surface area contributed by atoms with Crippen molar-refractivity contribution in [2.24, 2.45) is 0 Å². The summed E-state index contributed by atoms with van der Waals surface area (Å²) in [5.74, 6) is 0. The molecule has 0 atom stereocenters. The molecule has 5 rings (SSSR count). The molecular weight excluding hydrogens is 543 g/mol. The fourth-order valence-electron chi connectivity index (χ4n) is 5.10. The van der Waals surface area contributed by atoms with Gasteiger partial charge in [-0.25, -0.2) is 0 Å². The lowest BCUT2D eigenvalue weighted by Crippen LogP contribution is -2.20. The average molecular weight is 583 g/mol. The molecule has 212 valence electrons. The van der Waals surface area contributed by atoms with Crippen LogP contribution in [0.2, 0.25) is 0 Å². The van der Waals surface area contributed by atoms with Crippen LogP contribution in [0.3, 0.4) is 0 Å². The zero-order valence-electron chi connectivity index (χ0n) is 23.9. The van der Waals surface area contributed by atoms with Crippen LogP contribution >= 0.6 is 7.92 Å². The highest BCUT2D eigenvalue weighted by atomic mass is 32.2. The molecular formula is C36H39O3PS. The van der Waals surface area contributed by atoms with Gasteiger partial charge in [0.05, 0.1) is 0 Å². The summed E-state index contributed by atoms with van der Waals surface area (Å²) in [6.45, 7) is 4.20. The highest BCUT2D eigenvalue weighted by Gasteiger charge is 2.22. The SMILES string of the molecule is CCCCc1cc2ccccc2c(S(=O)(=O)O)c1CCCC.c1ccc(P(c2ccccc2)c2ccccc2)cc1. The molecule has 5 heteroatoms. The number of benzene rings is 5. The Balaban J connectivity index is 0.000000191. The van der Waals surface area contributed by atoms with Crippen LogP contribution in [0, 0.1) is 0 Å². The van der Waals surface area contributed by atoms with Gasteiger partial charge >= 0.3 is 0 Å². The first kappa shape index (κ1) is 30.7. The molecule has 0 aromatic heterocycles. The van der Waals surface area contributed by atoms with Gasteiger partial charge in [0.1, 0.15) is 4.90 Å². The van der Waals surface area contributed by atoms with Crippen LogP contribution in [-0.2, 0) is 23.0 Å². The molecule has 0 amide bonds. The van der Waals surface area contributed by atoms with E-state index in [9.17, 15) is 13.0 Å². The molecule has 0 unspecified atom stereocenters. The van der Waals surface area contributed by atoms with Crippen LogP contribution in [0.25, 0.3) is 10.8 Å². The molecule has 5 aromatic rings. The number of rotatable bonds is 10. The van der Waals surface area contributed by atoms with Crippen molar-refractivity contribution in [1.82, 2.24) is 0 Å². The van der Waals surface area contributed by atoms with Crippen LogP contribution in [0.5, 0.6) is 0 Å². The van der Waals surface area contributed by atoms with Crippen LogP contribution in [-0.4, -0.2) is 13.0 Å². The standard InChI is InChI=1S/C18H24O3S.C18H15P/c1-3-5-9-14-13-15-10-7-8-12-17(15)18(22(19,20)21)16(14)11-6-4-2;1-4-10-16(11-5-1)19(17-12-6-2-7-13-17)18-14-8-3-9-15-18/h7-8,10,12-13H,3-6,9,11H2,1-2H3,(H,19,20,21);1-15H. The van der Waals surface area contributed by atoms with Crippen molar-refractivity contribution in [3.63, 3.8) is 0 Å². The van der Waals surface area contributed by atoms with Gasteiger partial charge in [0.2, 0.25) is 0 Å². The van der Waals surface area contributed by atoms with Crippen LogP contribution < -0.4 is 15.9 Å². The Morgan fingerprint density at radius 2 is 1.05 bits per heavy atom. The number of aryl methyl sites for hydroxylation is 1. The van der Waals surface area contributed by atoms with E-state index >= 15 is 0 Å². The Hall–Kier alpha value is -3.30. The lowest BCUT2D eigenvalue weighted by molar-refractivity contribution is 0.482. The van der Waals surface area contributed by atoms with Crippen LogP contribution in [0.1, 0.15) is 50.7 Å². The predicted octanol–water partition coefficient (Wildman–Crippen LogP) is 8.22. The van der Waals surface area contributed by atoms with Crippen molar-refractivity contribution >= 4 is 44.7 Å². The molecule has 0 aliphatic heterocycles. The summed E-state index contributed by atoms with van der Waals surface area (Å²) in [5, 5.41) is 5.69. The van der Waals surface area contributed by atoms with E-state index in [1.54, 1.807) is 6.07 Å². The molecule has 41 heavy (non-hydrogen) atoms. The van der Waals surface area contributed by atoms with E-state index in [1.165, 1.54) is 15.9 Å². The third-order valence-electron chi connectivity index (χ3n) is 7.08. The Labute approximate surface area is 246 Å². The number of fused-ring (bicyclic) bond motifs is 1. The van der Waals surface area contributed by atoms with Gasteiger partial charge in [0, 0.05) is 5.39 Å². The third-order valence-corrected chi connectivity index (χ3v) is 10.5. The van der Waals surface area contributed by atoms with E-state index in [0.29, 0.717) is 11.8 Å². The van der Waals surface area contributed by atoms with Crippen LogP contribution in [0.15, 0.2) is 126 Å². The number of hydrogen-bond donors (Lipinski definition) is 1. The molecule has 3 nitrogen and oxygen atoms in total. The molecule has 5 aromatic carbocycles. The van der Waals surface area contributed by atoms with E-state index in [-0.39, 0.29) is 4.90 Å². The quantitative estimate of drug-likeness (QED) is 0.133. The second-order valence-corrected chi connectivity index (χ2v) is 13.7. The van der Waals surface area contributed by atoms with Gasteiger partial charge in [-0.2, -0.15) is 8.42 Å². The maximum atomic E-state index is 12.0. The summed E-state index contributed by atoms with van der Waals surface area (Å²) in [5.41, 5.74) is 1.86. The van der Waals surface area contributed by atoms with E-state index in [0.717, 1.165) is 48.6 Å². The van der Waals surface area contributed by atoms with Gasteiger partial charge in [0.15, 0.2) is 0 Å². The van der Waals surface area contributed by atoms with Gasteiger partial charge in [-0.3, -0.25) is 4.55 Å². The Morgan fingerprint density at radius 3 is 1.51 bits per heavy atom. The highest BCUT2D eigenvalue weighted by molar-refractivity contribution is 7.86. The van der Waals surface area contributed by atoms with Gasteiger partial charge < -0.3 is 0 Å². The second kappa shape index (κ2) is 15.1. The molecule has 0 heterocycles. The van der Waals surface area contributed by atoms with Crippen molar-refractivity contribution in [2.75, 3.05) is 0 Å². The first-order chi connectivity index (χ1) is 19.9. The molecule has 0 radical (unpaired) electrons. The minimum atomic E-state index is -4.24. The van der Waals surface area contributed by atoms with Gasteiger partial charge in [-0.15, -0.1) is 0 Å². The zero-order chi connectivity index (χ0) is 29.1. The Bertz CT molecular complexity index is 1530. The summed E-state index contributed by atoms with van der Waals surface area (Å²) in [6, 6.07) is 41.8. The molecule has 0 saturated heterocycles. The van der Waals surface area contributed by atoms with E-state index in [1.807, 2.05) is 18.2 Å². The third kappa shape index (κ3) is 8.14. The smallest absolute Gasteiger partial charge is 0.282 e. The molecule has 0 saturated carbocycles. The first-order valence-corrected chi connectivity index (χ1v) is 17.2. The van der Waals surface area contributed by atoms with Gasteiger partial charge in [0.25, 0.3) is 10.1 Å². The minimum Gasteiger partial charge on any atom is -0.282 e. The summed E-state index contributed by atoms with van der Waals surface area (Å²) in [4.78, 5) is 0.116. The number of hydrogen-bond acceptors (Lipinski definition) is 2. The predicted molar refractivity (Wildman–Crippen MR) is 176 cm³/mol. The van der Waals surface area contributed by atoms with E-state index < -0.39 is 18.0 Å². The van der Waals surface area contributed by atoms with Crippen molar-refractivity contribution in [3.8, 4) is 0 Å². The lowest BCUT2D eigenvalue weighted by atomic mass is 9.94. The molecule has 0 bridgehead atoms. The number of unbranched alkanes of at least 4 members (excludes halogenated alkanes) is 2. The maximum absolute atomic E-state index is 12.0. The maximum Gasteiger partial charge on any atom is 0.295 e. The highest BCUT2D eigenvalue weighted by Crippen LogP contribution is 2.33. The molecule has 1 N–H and O–H groups in total. The Kier molecular flexibility index (Phi) is 11.3.